The van der Waals surface area contributed by atoms with Crippen LogP contribution in [0.4, 0.5) is 0 Å². The maximum absolute atomic E-state index is 11.7. The monoisotopic (exact) mass is 332 g/mol. The topological polar surface area (TPSA) is 43.4 Å². The summed E-state index contributed by atoms with van der Waals surface area (Å²) >= 11 is 3.49. The quantitative estimate of drug-likeness (QED) is 0.850. The van der Waals surface area contributed by atoms with E-state index in [2.05, 4.69) is 15.9 Å². The summed E-state index contributed by atoms with van der Waals surface area (Å²) < 4.78 is 30.2. The largest absolute Gasteiger partial charge is 0.474 e. The van der Waals surface area contributed by atoms with E-state index in [0.29, 0.717) is 5.75 Å². The summed E-state index contributed by atoms with van der Waals surface area (Å²) in [5.41, 5.74) is 1.40. The molecule has 0 saturated heterocycles. The summed E-state index contributed by atoms with van der Waals surface area (Å²) in [5.74, 6) is 0.791. The van der Waals surface area contributed by atoms with E-state index in [-0.39, 0.29) is 5.92 Å². The van der Waals surface area contributed by atoms with Crippen LogP contribution in [0.25, 0.3) is 0 Å². The summed E-state index contributed by atoms with van der Waals surface area (Å²) in [6.07, 6.45) is 3.12. The molecule has 18 heavy (non-hydrogen) atoms. The molecule has 0 spiro atoms. The van der Waals surface area contributed by atoms with Crippen molar-refractivity contribution in [2.75, 3.05) is 6.26 Å². The second kappa shape index (κ2) is 4.85. The van der Waals surface area contributed by atoms with Crippen LogP contribution < -0.4 is 4.74 Å². The molecule has 3 nitrogen and oxygen atoms in total. The average molecular weight is 333 g/mol. The predicted molar refractivity (Wildman–Crippen MR) is 75.6 cm³/mol. The van der Waals surface area contributed by atoms with Crippen LogP contribution in [-0.2, 0) is 9.84 Å². The number of sulfone groups is 1. The molecule has 1 saturated carbocycles. The first-order valence-corrected chi connectivity index (χ1v) is 8.66. The number of hydrogen-bond acceptors (Lipinski definition) is 3. The van der Waals surface area contributed by atoms with Crippen molar-refractivity contribution in [1.29, 1.82) is 0 Å². The van der Waals surface area contributed by atoms with Crippen LogP contribution in [0.3, 0.4) is 0 Å². The molecule has 100 valence electrons. The number of benzene rings is 1. The van der Waals surface area contributed by atoms with E-state index in [9.17, 15) is 8.42 Å². The molecule has 1 aromatic rings. The molecule has 1 atom stereocenters. The van der Waals surface area contributed by atoms with Crippen LogP contribution >= 0.6 is 15.9 Å². The highest BCUT2D eigenvalue weighted by Crippen LogP contribution is 2.38. The average Bonchev–Trinajstić information content (AvgIpc) is 3.04. The van der Waals surface area contributed by atoms with Crippen molar-refractivity contribution in [1.82, 2.24) is 0 Å². The Morgan fingerprint density at radius 2 is 1.78 bits per heavy atom. The number of halogens is 1. The fraction of sp³-hybridized carbons (Fsp3) is 0.538. The molecule has 0 radical (unpaired) electrons. The second-order valence-electron chi connectivity index (χ2n) is 5.02. The predicted octanol–water partition coefficient (Wildman–Crippen LogP) is 3.23. The van der Waals surface area contributed by atoms with Crippen molar-refractivity contribution < 1.29 is 13.2 Å². The maximum Gasteiger partial charge on any atom is 0.201 e. The maximum atomic E-state index is 11.7. The van der Waals surface area contributed by atoms with E-state index in [1.807, 2.05) is 26.0 Å². The normalized spacial score (nSPS) is 17.6. The standard InChI is InChI=1S/C13H17BrO3S/c1-8-6-11(7-9(2)12(8)14)17-13(10-4-5-10)18(3,15)16/h6-7,10,13H,4-5H2,1-3H3. The molecule has 0 bridgehead atoms. The Morgan fingerprint density at radius 1 is 1.28 bits per heavy atom. The van der Waals surface area contributed by atoms with Gasteiger partial charge in [-0.3, -0.25) is 0 Å². The summed E-state index contributed by atoms with van der Waals surface area (Å²) in [6, 6.07) is 3.75. The summed E-state index contributed by atoms with van der Waals surface area (Å²) in [7, 11) is -3.17. The lowest BCUT2D eigenvalue weighted by Crippen LogP contribution is -2.28. The van der Waals surface area contributed by atoms with Crippen LogP contribution in [0.2, 0.25) is 0 Å². The number of hydrogen-bond donors (Lipinski definition) is 0. The zero-order valence-corrected chi connectivity index (χ0v) is 13.1. The Bertz CT molecular complexity index is 539. The fourth-order valence-corrected chi connectivity index (χ4v) is 3.50. The van der Waals surface area contributed by atoms with E-state index >= 15 is 0 Å². The van der Waals surface area contributed by atoms with E-state index in [1.165, 1.54) is 6.26 Å². The van der Waals surface area contributed by atoms with E-state index in [1.54, 1.807) is 0 Å². The molecule has 0 aliphatic heterocycles. The molecule has 1 fully saturated rings. The van der Waals surface area contributed by atoms with Crippen LogP contribution in [0.1, 0.15) is 24.0 Å². The Hall–Kier alpha value is -0.550. The minimum absolute atomic E-state index is 0.157. The molecule has 0 aromatic heterocycles. The smallest absolute Gasteiger partial charge is 0.201 e. The molecule has 1 aliphatic rings. The molecular weight excluding hydrogens is 316 g/mol. The van der Waals surface area contributed by atoms with Gasteiger partial charge in [0.15, 0.2) is 9.84 Å². The number of ether oxygens (including phenoxy) is 1. The van der Waals surface area contributed by atoms with Crippen LogP contribution in [0.15, 0.2) is 16.6 Å². The first kappa shape index (κ1) is 13.9. The van der Waals surface area contributed by atoms with Crippen molar-refractivity contribution in [2.45, 2.75) is 32.1 Å². The van der Waals surface area contributed by atoms with E-state index in [4.69, 9.17) is 4.74 Å². The third-order valence-electron chi connectivity index (χ3n) is 3.09. The van der Waals surface area contributed by atoms with Gasteiger partial charge in [-0.1, -0.05) is 15.9 Å². The minimum atomic E-state index is -3.17. The van der Waals surface area contributed by atoms with Gasteiger partial charge in [0.2, 0.25) is 5.44 Å². The Labute approximate surface area is 117 Å². The van der Waals surface area contributed by atoms with Crippen molar-refractivity contribution in [3.05, 3.63) is 27.7 Å². The molecular formula is C13H17BrO3S. The van der Waals surface area contributed by atoms with Gasteiger partial charge in [0.05, 0.1) is 0 Å². The van der Waals surface area contributed by atoms with Crippen molar-refractivity contribution in [3.63, 3.8) is 0 Å². The number of rotatable bonds is 4. The second-order valence-corrected chi connectivity index (χ2v) is 7.94. The summed E-state index contributed by atoms with van der Waals surface area (Å²) in [6.45, 7) is 3.94. The van der Waals surface area contributed by atoms with Crippen molar-refractivity contribution in [2.24, 2.45) is 5.92 Å². The highest BCUT2D eigenvalue weighted by Gasteiger charge is 2.39. The van der Waals surface area contributed by atoms with E-state index in [0.717, 1.165) is 28.4 Å². The minimum Gasteiger partial charge on any atom is -0.474 e. The molecule has 1 aromatic carbocycles. The fourth-order valence-electron chi connectivity index (χ4n) is 2.01. The first-order chi connectivity index (χ1) is 8.29. The van der Waals surface area contributed by atoms with Crippen LogP contribution in [0.5, 0.6) is 5.75 Å². The first-order valence-electron chi connectivity index (χ1n) is 5.91. The van der Waals surface area contributed by atoms with Crippen molar-refractivity contribution >= 4 is 25.8 Å². The van der Waals surface area contributed by atoms with Gasteiger partial charge in [-0.2, -0.15) is 0 Å². The molecule has 0 heterocycles. The molecule has 1 aliphatic carbocycles. The zero-order valence-electron chi connectivity index (χ0n) is 10.7. The van der Waals surface area contributed by atoms with Gasteiger partial charge < -0.3 is 4.74 Å². The van der Waals surface area contributed by atoms with E-state index < -0.39 is 15.3 Å². The SMILES string of the molecule is Cc1cc(OC(C2CC2)S(C)(=O)=O)cc(C)c1Br. The molecule has 0 amide bonds. The molecule has 0 N–H and O–H groups in total. The summed E-state index contributed by atoms with van der Waals surface area (Å²) in [5, 5.41) is 0. The Balaban J connectivity index is 2.27. The van der Waals surface area contributed by atoms with Crippen LogP contribution in [0, 0.1) is 19.8 Å². The van der Waals surface area contributed by atoms with Gasteiger partial charge in [0.25, 0.3) is 0 Å². The third kappa shape index (κ3) is 3.06. The number of aryl methyl sites for hydroxylation is 2. The van der Waals surface area contributed by atoms with Gasteiger partial charge >= 0.3 is 0 Å². The highest BCUT2D eigenvalue weighted by molar-refractivity contribution is 9.10. The lowest BCUT2D eigenvalue weighted by molar-refractivity contribution is 0.251. The van der Waals surface area contributed by atoms with Gasteiger partial charge in [-0.25, -0.2) is 8.42 Å². The van der Waals surface area contributed by atoms with Gasteiger partial charge in [-0.15, -0.1) is 0 Å². The molecule has 5 heteroatoms. The molecule has 2 rings (SSSR count). The Kier molecular flexibility index (Phi) is 3.74. The van der Waals surface area contributed by atoms with Crippen LogP contribution in [-0.4, -0.2) is 20.1 Å². The Morgan fingerprint density at radius 3 is 2.17 bits per heavy atom. The lowest BCUT2D eigenvalue weighted by atomic mass is 10.1. The van der Waals surface area contributed by atoms with Gasteiger partial charge in [0.1, 0.15) is 5.75 Å². The van der Waals surface area contributed by atoms with Gasteiger partial charge in [0, 0.05) is 16.6 Å². The summed E-state index contributed by atoms with van der Waals surface area (Å²) in [4.78, 5) is 0. The zero-order chi connectivity index (χ0) is 13.5. The highest BCUT2D eigenvalue weighted by atomic mass is 79.9. The third-order valence-corrected chi connectivity index (χ3v) is 5.67. The van der Waals surface area contributed by atoms with Crippen molar-refractivity contribution in [3.8, 4) is 5.75 Å². The lowest BCUT2D eigenvalue weighted by Gasteiger charge is -2.18. The molecule has 1 unspecified atom stereocenters. The van der Waals surface area contributed by atoms with Gasteiger partial charge in [-0.05, 0) is 49.9 Å².